The highest BCUT2D eigenvalue weighted by molar-refractivity contribution is 14.0. The molecule has 9 heteroatoms. The minimum absolute atomic E-state index is 0. The molecule has 32 heavy (non-hydrogen) atoms. The van der Waals surface area contributed by atoms with Crippen molar-refractivity contribution in [3.8, 4) is 0 Å². The van der Waals surface area contributed by atoms with E-state index in [2.05, 4.69) is 79.5 Å². The van der Waals surface area contributed by atoms with Gasteiger partial charge in [0, 0.05) is 44.8 Å². The van der Waals surface area contributed by atoms with E-state index in [1.54, 1.807) is 12.6 Å². The lowest BCUT2D eigenvalue weighted by Gasteiger charge is -2.23. The Bertz CT molecular complexity index is 896. The molecule has 2 heterocycles. The summed E-state index contributed by atoms with van der Waals surface area (Å²) < 4.78 is 7.47. The van der Waals surface area contributed by atoms with Crippen molar-refractivity contribution >= 4 is 35.6 Å². The van der Waals surface area contributed by atoms with Crippen molar-refractivity contribution in [1.29, 1.82) is 0 Å². The molecule has 2 aromatic heterocycles. The third-order valence-electron chi connectivity index (χ3n) is 5.03. The van der Waals surface area contributed by atoms with Gasteiger partial charge in [-0.05, 0) is 37.6 Å². The van der Waals surface area contributed by atoms with E-state index < -0.39 is 0 Å². The Morgan fingerprint density at radius 2 is 1.91 bits per heavy atom. The highest BCUT2D eigenvalue weighted by Gasteiger charge is 2.05. The van der Waals surface area contributed by atoms with Crippen LogP contribution < -0.4 is 15.5 Å². The minimum atomic E-state index is 0. The molecule has 0 unspecified atom stereocenters. The minimum Gasteiger partial charge on any atom is -0.467 e. The molecule has 2 N–H and O–H groups in total. The molecule has 3 aromatic rings. The van der Waals surface area contributed by atoms with Crippen LogP contribution in [0.5, 0.6) is 0 Å². The number of aromatic nitrogens is 3. The maximum absolute atomic E-state index is 5.41. The van der Waals surface area contributed by atoms with E-state index in [0.717, 1.165) is 63.1 Å². The van der Waals surface area contributed by atoms with E-state index in [1.807, 2.05) is 12.1 Å². The van der Waals surface area contributed by atoms with Crippen LogP contribution in [0, 0.1) is 0 Å². The van der Waals surface area contributed by atoms with Crippen molar-refractivity contribution in [3.63, 3.8) is 0 Å². The molecular formula is C23H34IN7O. The summed E-state index contributed by atoms with van der Waals surface area (Å²) >= 11 is 0. The zero-order valence-electron chi connectivity index (χ0n) is 18.9. The molecule has 174 valence electrons. The standard InChI is InChI=1S/C23H33N7O.HI/c1-3-22-28-27-19-30(22)16-14-25-23(26-18-21-12-8-17-31-21)24-13-9-15-29(4-2)20-10-6-5-7-11-20;/h5-8,10-12,17,19H,3-4,9,13-16,18H2,1-2H3,(H2,24,25,26);1H. The lowest BCUT2D eigenvalue weighted by Crippen LogP contribution is -2.40. The van der Waals surface area contributed by atoms with Crippen LogP contribution in [0.3, 0.4) is 0 Å². The first-order chi connectivity index (χ1) is 15.3. The van der Waals surface area contributed by atoms with E-state index in [9.17, 15) is 0 Å². The van der Waals surface area contributed by atoms with Crippen LogP contribution in [-0.4, -0.2) is 46.9 Å². The highest BCUT2D eigenvalue weighted by Crippen LogP contribution is 2.12. The van der Waals surface area contributed by atoms with Crippen molar-refractivity contribution in [2.24, 2.45) is 4.99 Å². The summed E-state index contributed by atoms with van der Waals surface area (Å²) in [6, 6.07) is 14.3. The summed E-state index contributed by atoms with van der Waals surface area (Å²) in [7, 11) is 0. The number of aliphatic imine (C=N–C) groups is 1. The molecule has 1 aromatic carbocycles. The molecule has 0 saturated heterocycles. The maximum atomic E-state index is 5.41. The Morgan fingerprint density at radius 1 is 1.09 bits per heavy atom. The van der Waals surface area contributed by atoms with Gasteiger partial charge in [0.25, 0.3) is 0 Å². The number of furan rings is 1. The van der Waals surface area contributed by atoms with Crippen molar-refractivity contribution in [3.05, 3.63) is 66.6 Å². The van der Waals surface area contributed by atoms with Gasteiger partial charge >= 0.3 is 0 Å². The average Bonchev–Trinajstić information content (AvgIpc) is 3.49. The molecule has 0 bridgehead atoms. The van der Waals surface area contributed by atoms with Gasteiger partial charge in [-0.1, -0.05) is 25.1 Å². The van der Waals surface area contributed by atoms with Crippen LogP contribution in [-0.2, 0) is 19.5 Å². The third-order valence-corrected chi connectivity index (χ3v) is 5.03. The van der Waals surface area contributed by atoms with Gasteiger partial charge in [-0.15, -0.1) is 34.2 Å². The van der Waals surface area contributed by atoms with E-state index in [0.29, 0.717) is 6.54 Å². The van der Waals surface area contributed by atoms with Gasteiger partial charge in [0.05, 0.1) is 6.26 Å². The van der Waals surface area contributed by atoms with E-state index in [-0.39, 0.29) is 24.0 Å². The summed E-state index contributed by atoms with van der Waals surface area (Å²) in [6.45, 7) is 9.10. The highest BCUT2D eigenvalue weighted by atomic mass is 127. The number of para-hydroxylation sites is 1. The number of rotatable bonds is 12. The van der Waals surface area contributed by atoms with Crippen molar-refractivity contribution in [2.45, 2.75) is 39.8 Å². The van der Waals surface area contributed by atoms with Crippen molar-refractivity contribution < 1.29 is 4.42 Å². The molecule has 0 saturated carbocycles. The topological polar surface area (TPSA) is 83.5 Å². The molecule has 0 spiro atoms. The van der Waals surface area contributed by atoms with Crippen LogP contribution in [0.2, 0.25) is 0 Å². The number of guanidine groups is 1. The van der Waals surface area contributed by atoms with E-state index in [1.165, 1.54) is 5.69 Å². The van der Waals surface area contributed by atoms with Gasteiger partial charge in [-0.3, -0.25) is 0 Å². The molecular weight excluding hydrogens is 517 g/mol. The number of aryl methyl sites for hydroxylation is 1. The number of nitrogens with zero attached hydrogens (tertiary/aromatic N) is 5. The van der Waals surface area contributed by atoms with Crippen LogP contribution in [0.1, 0.15) is 31.9 Å². The maximum Gasteiger partial charge on any atom is 0.191 e. The van der Waals surface area contributed by atoms with Crippen molar-refractivity contribution in [2.75, 3.05) is 31.1 Å². The molecule has 0 atom stereocenters. The lowest BCUT2D eigenvalue weighted by molar-refractivity contribution is 0.511. The quantitative estimate of drug-likeness (QED) is 0.155. The number of halogens is 1. The number of hydrogen-bond acceptors (Lipinski definition) is 5. The Hall–Kier alpha value is -2.56. The monoisotopic (exact) mass is 551 g/mol. The predicted octanol–water partition coefficient (Wildman–Crippen LogP) is 3.70. The lowest BCUT2D eigenvalue weighted by atomic mass is 10.2. The zero-order valence-corrected chi connectivity index (χ0v) is 21.2. The fourth-order valence-corrected chi connectivity index (χ4v) is 3.35. The normalized spacial score (nSPS) is 11.1. The van der Waals surface area contributed by atoms with Crippen LogP contribution >= 0.6 is 24.0 Å². The van der Waals surface area contributed by atoms with Gasteiger partial charge < -0.3 is 24.5 Å². The number of hydrogen-bond donors (Lipinski definition) is 2. The summed E-state index contributed by atoms with van der Waals surface area (Å²) in [5.41, 5.74) is 1.26. The molecule has 0 fully saturated rings. The Kier molecular flexibility index (Phi) is 11.6. The largest absolute Gasteiger partial charge is 0.467 e. The summed E-state index contributed by atoms with van der Waals surface area (Å²) in [5, 5.41) is 15.0. The summed E-state index contributed by atoms with van der Waals surface area (Å²) in [4.78, 5) is 7.05. The molecule has 3 rings (SSSR count). The van der Waals surface area contributed by atoms with Crippen LogP contribution in [0.25, 0.3) is 0 Å². The van der Waals surface area contributed by atoms with Crippen molar-refractivity contribution in [1.82, 2.24) is 25.4 Å². The molecule has 8 nitrogen and oxygen atoms in total. The second kappa shape index (κ2) is 14.5. The van der Waals surface area contributed by atoms with Gasteiger partial charge in [0.2, 0.25) is 0 Å². The first kappa shape index (κ1) is 25.7. The molecule has 0 aliphatic rings. The molecule has 0 aliphatic carbocycles. The smallest absolute Gasteiger partial charge is 0.191 e. The van der Waals surface area contributed by atoms with Gasteiger partial charge in [-0.2, -0.15) is 0 Å². The third kappa shape index (κ3) is 8.18. The summed E-state index contributed by atoms with van der Waals surface area (Å²) in [6.07, 6.45) is 5.33. The Morgan fingerprint density at radius 3 is 2.62 bits per heavy atom. The average molecular weight is 551 g/mol. The van der Waals surface area contributed by atoms with Gasteiger partial charge in [0.15, 0.2) is 5.96 Å². The molecule has 0 amide bonds. The fraction of sp³-hybridized carbons (Fsp3) is 0.435. The SMILES string of the molecule is CCc1nncn1CCNC(=NCc1ccco1)NCCCN(CC)c1ccccc1.I. The fourth-order valence-electron chi connectivity index (χ4n) is 3.35. The molecule has 0 aliphatic heterocycles. The Balaban J connectivity index is 0.00000363. The second-order valence-electron chi connectivity index (χ2n) is 7.16. The van der Waals surface area contributed by atoms with Gasteiger partial charge in [-0.25, -0.2) is 4.99 Å². The van der Waals surface area contributed by atoms with E-state index in [4.69, 9.17) is 4.42 Å². The second-order valence-corrected chi connectivity index (χ2v) is 7.16. The molecule has 0 radical (unpaired) electrons. The first-order valence-electron chi connectivity index (χ1n) is 11.0. The van der Waals surface area contributed by atoms with Crippen LogP contribution in [0.4, 0.5) is 5.69 Å². The number of benzene rings is 1. The van der Waals surface area contributed by atoms with Crippen LogP contribution in [0.15, 0.2) is 64.5 Å². The number of nitrogens with one attached hydrogen (secondary N) is 2. The zero-order chi connectivity index (χ0) is 21.7. The first-order valence-corrected chi connectivity index (χ1v) is 11.0. The summed E-state index contributed by atoms with van der Waals surface area (Å²) in [5.74, 6) is 2.61. The van der Waals surface area contributed by atoms with Gasteiger partial charge in [0.1, 0.15) is 24.5 Å². The Labute approximate surface area is 207 Å². The predicted molar refractivity (Wildman–Crippen MR) is 140 cm³/mol. The van der Waals surface area contributed by atoms with E-state index >= 15 is 0 Å². The number of anilines is 1.